The van der Waals surface area contributed by atoms with E-state index in [0.717, 1.165) is 23.0 Å². The highest BCUT2D eigenvalue weighted by Crippen LogP contribution is 2.40. The molecule has 0 saturated heterocycles. The fourth-order valence-corrected chi connectivity index (χ4v) is 1.69. The number of hydrogen-bond donors (Lipinski definition) is 1. The Labute approximate surface area is 86.4 Å². The van der Waals surface area contributed by atoms with Crippen molar-refractivity contribution in [3.63, 3.8) is 0 Å². The first-order chi connectivity index (χ1) is 6.26. The quantitative estimate of drug-likeness (QED) is 0.822. The first-order valence-corrected chi connectivity index (χ1v) is 5.13. The van der Waals surface area contributed by atoms with Gasteiger partial charge in [-0.1, -0.05) is 12.1 Å². The van der Waals surface area contributed by atoms with Gasteiger partial charge in [-0.3, -0.25) is 0 Å². The van der Waals surface area contributed by atoms with Crippen molar-refractivity contribution in [2.45, 2.75) is 18.6 Å². The second-order valence-corrected chi connectivity index (χ2v) is 4.16. The third-order valence-electron chi connectivity index (χ3n) is 2.33. The van der Waals surface area contributed by atoms with E-state index in [2.05, 4.69) is 21.2 Å². The minimum atomic E-state index is -0.0934. The first kappa shape index (κ1) is 9.03. The van der Waals surface area contributed by atoms with E-state index in [0.29, 0.717) is 0 Å². The summed E-state index contributed by atoms with van der Waals surface area (Å²) in [4.78, 5) is 0. The molecule has 0 radical (unpaired) electrons. The molecule has 0 heterocycles. The maximum absolute atomic E-state index is 5.38. The Balaban J connectivity index is 2.14. The van der Waals surface area contributed by atoms with Crippen LogP contribution < -0.4 is 5.32 Å². The summed E-state index contributed by atoms with van der Waals surface area (Å²) in [6.45, 7) is 0. The fourth-order valence-electron chi connectivity index (χ4n) is 1.30. The predicted molar refractivity (Wildman–Crippen MR) is 56.7 cm³/mol. The van der Waals surface area contributed by atoms with Crippen LogP contribution in [0.1, 0.15) is 12.8 Å². The molecule has 0 amide bonds. The molecule has 1 aliphatic carbocycles. The lowest BCUT2D eigenvalue weighted by Gasteiger charge is -2.17. The van der Waals surface area contributed by atoms with E-state index in [1.165, 1.54) is 0 Å². The minimum absolute atomic E-state index is 0.0934. The number of rotatable bonds is 3. The topological polar surface area (TPSA) is 21.3 Å². The van der Waals surface area contributed by atoms with Gasteiger partial charge in [-0.25, -0.2) is 0 Å². The van der Waals surface area contributed by atoms with Crippen LogP contribution in [0.4, 0.5) is 5.69 Å². The maximum Gasteiger partial charge on any atom is 0.138 e. The summed E-state index contributed by atoms with van der Waals surface area (Å²) in [7, 11) is 1.75. The number of ether oxygens (including phenoxy) is 1. The highest BCUT2D eigenvalue weighted by atomic mass is 79.9. The molecule has 2 nitrogen and oxygen atoms in total. The van der Waals surface area contributed by atoms with Crippen LogP contribution >= 0.6 is 15.9 Å². The standard InChI is InChI=1S/C10H12BrNO/c1-13-10(6-7-10)12-9-5-3-2-4-8(9)11/h2-5,12H,6-7H2,1H3. The molecule has 1 saturated carbocycles. The average Bonchev–Trinajstić information content (AvgIpc) is 2.90. The zero-order chi connectivity index (χ0) is 9.31. The van der Waals surface area contributed by atoms with Crippen LogP contribution in [0, 0.1) is 0 Å². The fraction of sp³-hybridized carbons (Fsp3) is 0.400. The third kappa shape index (κ3) is 1.86. The van der Waals surface area contributed by atoms with Gasteiger partial charge in [-0.05, 0) is 40.9 Å². The molecule has 1 aliphatic rings. The van der Waals surface area contributed by atoms with Gasteiger partial charge in [0, 0.05) is 11.6 Å². The number of para-hydroxylation sites is 1. The summed E-state index contributed by atoms with van der Waals surface area (Å²) < 4.78 is 6.46. The molecule has 2 rings (SSSR count). The SMILES string of the molecule is COC1(Nc2ccccc2Br)CC1. The maximum atomic E-state index is 5.38. The summed E-state index contributed by atoms with van der Waals surface area (Å²) >= 11 is 3.49. The summed E-state index contributed by atoms with van der Waals surface area (Å²) in [6.07, 6.45) is 2.18. The van der Waals surface area contributed by atoms with E-state index in [1.54, 1.807) is 7.11 Å². The molecule has 13 heavy (non-hydrogen) atoms. The third-order valence-corrected chi connectivity index (χ3v) is 3.02. The van der Waals surface area contributed by atoms with Crippen molar-refractivity contribution < 1.29 is 4.74 Å². The second kappa shape index (κ2) is 3.31. The monoisotopic (exact) mass is 241 g/mol. The van der Waals surface area contributed by atoms with E-state index < -0.39 is 0 Å². The highest BCUT2D eigenvalue weighted by Gasteiger charge is 2.43. The van der Waals surface area contributed by atoms with Crippen molar-refractivity contribution in [2.24, 2.45) is 0 Å². The second-order valence-electron chi connectivity index (χ2n) is 3.30. The molecule has 1 aromatic rings. The van der Waals surface area contributed by atoms with Crippen molar-refractivity contribution in [2.75, 3.05) is 12.4 Å². The van der Waals surface area contributed by atoms with Crippen LogP contribution in [0.2, 0.25) is 0 Å². The number of hydrogen-bond acceptors (Lipinski definition) is 2. The molecule has 1 fully saturated rings. The molecule has 0 spiro atoms. The molecule has 0 aliphatic heterocycles. The molecular weight excluding hydrogens is 230 g/mol. The number of halogens is 1. The summed E-state index contributed by atoms with van der Waals surface area (Å²) in [5.41, 5.74) is 1.01. The molecule has 0 aromatic heterocycles. The van der Waals surface area contributed by atoms with Gasteiger partial charge in [0.1, 0.15) is 5.72 Å². The Morgan fingerprint density at radius 1 is 1.38 bits per heavy atom. The van der Waals surface area contributed by atoms with E-state index in [9.17, 15) is 0 Å². The Bertz CT molecular complexity index is 310. The number of methoxy groups -OCH3 is 1. The van der Waals surface area contributed by atoms with Crippen LogP contribution in [0.15, 0.2) is 28.7 Å². The van der Waals surface area contributed by atoms with Gasteiger partial charge in [-0.2, -0.15) is 0 Å². The van der Waals surface area contributed by atoms with Gasteiger partial charge < -0.3 is 10.1 Å². The Morgan fingerprint density at radius 2 is 2.08 bits per heavy atom. The van der Waals surface area contributed by atoms with E-state index >= 15 is 0 Å². The molecular formula is C10H12BrNO. The van der Waals surface area contributed by atoms with E-state index in [-0.39, 0.29) is 5.72 Å². The zero-order valence-electron chi connectivity index (χ0n) is 7.51. The Morgan fingerprint density at radius 3 is 2.62 bits per heavy atom. The van der Waals surface area contributed by atoms with Crippen LogP contribution in [0.3, 0.4) is 0 Å². The molecule has 70 valence electrons. The highest BCUT2D eigenvalue weighted by molar-refractivity contribution is 9.10. The van der Waals surface area contributed by atoms with Gasteiger partial charge in [0.15, 0.2) is 0 Å². The summed E-state index contributed by atoms with van der Waals surface area (Å²) in [5, 5.41) is 3.38. The lowest BCUT2D eigenvalue weighted by Crippen LogP contribution is -2.23. The Kier molecular flexibility index (Phi) is 2.30. The van der Waals surface area contributed by atoms with E-state index in [1.807, 2.05) is 24.3 Å². The van der Waals surface area contributed by atoms with Crippen molar-refractivity contribution >= 4 is 21.6 Å². The van der Waals surface area contributed by atoms with Crippen molar-refractivity contribution in [1.29, 1.82) is 0 Å². The van der Waals surface area contributed by atoms with Gasteiger partial charge in [-0.15, -0.1) is 0 Å². The minimum Gasteiger partial charge on any atom is -0.359 e. The number of benzene rings is 1. The van der Waals surface area contributed by atoms with Crippen molar-refractivity contribution in [3.05, 3.63) is 28.7 Å². The van der Waals surface area contributed by atoms with E-state index in [4.69, 9.17) is 4.74 Å². The predicted octanol–water partition coefficient (Wildman–Crippen LogP) is 3.00. The molecule has 0 atom stereocenters. The van der Waals surface area contributed by atoms with Crippen LogP contribution in [0.5, 0.6) is 0 Å². The largest absolute Gasteiger partial charge is 0.359 e. The van der Waals surface area contributed by atoms with Gasteiger partial charge in [0.25, 0.3) is 0 Å². The summed E-state index contributed by atoms with van der Waals surface area (Å²) in [6, 6.07) is 8.08. The normalized spacial score (nSPS) is 18.3. The summed E-state index contributed by atoms with van der Waals surface area (Å²) in [5.74, 6) is 0. The lowest BCUT2D eigenvalue weighted by molar-refractivity contribution is 0.104. The Hall–Kier alpha value is -0.540. The van der Waals surface area contributed by atoms with Crippen LogP contribution in [-0.2, 0) is 4.74 Å². The molecule has 0 unspecified atom stereocenters. The van der Waals surface area contributed by atoms with Crippen LogP contribution in [0.25, 0.3) is 0 Å². The molecule has 3 heteroatoms. The van der Waals surface area contributed by atoms with Crippen molar-refractivity contribution in [3.8, 4) is 0 Å². The first-order valence-electron chi connectivity index (χ1n) is 4.34. The van der Waals surface area contributed by atoms with Gasteiger partial charge in [0.2, 0.25) is 0 Å². The van der Waals surface area contributed by atoms with Crippen LogP contribution in [-0.4, -0.2) is 12.8 Å². The average molecular weight is 242 g/mol. The zero-order valence-corrected chi connectivity index (χ0v) is 9.10. The molecule has 1 N–H and O–H groups in total. The number of anilines is 1. The molecule has 0 bridgehead atoms. The van der Waals surface area contributed by atoms with Gasteiger partial charge >= 0.3 is 0 Å². The number of nitrogens with one attached hydrogen (secondary N) is 1. The molecule has 1 aromatic carbocycles. The lowest BCUT2D eigenvalue weighted by atomic mass is 10.3. The van der Waals surface area contributed by atoms with Crippen molar-refractivity contribution in [1.82, 2.24) is 0 Å². The van der Waals surface area contributed by atoms with Gasteiger partial charge in [0.05, 0.1) is 5.69 Å². The smallest absolute Gasteiger partial charge is 0.138 e.